The predicted molar refractivity (Wildman–Crippen MR) is 117 cm³/mol. The Morgan fingerprint density at radius 1 is 1.17 bits per heavy atom. The van der Waals surface area contributed by atoms with E-state index in [2.05, 4.69) is 12.1 Å². The SMILES string of the molecule is CC(C)(C)OC(=O)N1[C@H](COCc2ccccc2)CC[C@@]12CCCC[C@H]2CCC=O. The maximum Gasteiger partial charge on any atom is 0.411 e. The summed E-state index contributed by atoms with van der Waals surface area (Å²) >= 11 is 0. The standard InChI is InChI=1S/C25H37NO4/c1-24(2,3)30-23(28)26-22(19-29-18-20-10-5-4-6-11-20)14-16-25(26)15-8-7-12-21(25)13-9-17-27/h4-6,10-11,17,21-22H,7-9,12-16,18-19H2,1-3H3/t21-,22-,25+/m0/s1. The van der Waals surface area contributed by atoms with Gasteiger partial charge >= 0.3 is 6.09 Å². The lowest BCUT2D eigenvalue weighted by molar-refractivity contribution is -0.108. The zero-order valence-electron chi connectivity index (χ0n) is 18.8. The third-order valence-electron chi connectivity index (χ3n) is 6.57. The number of carbonyl (C=O) groups is 2. The molecule has 1 aliphatic heterocycles. The Morgan fingerprint density at radius 3 is 2.63 bits per heavy atom. The molecular formula is C25H37NO4. The summed E-state index contributed by atoms with van der Waals surface area (Å²) in [5, 5.41) is 0. The first-order valence-corrected chi connectivity index (χ1v) is 11.4. The van der Waals surface area contributed by atoms with Crippen molar-refractivity contribution in [3.63, 3.8) is 0 Å². The molecule has 1 aromatic rings. The lowest BCUT2D eigenvalue weighted by atomic mass is 9.69. The molecular weight excluding hydrogens is 378 g/mol. The number of hydrogen-bond acceptors (Lipinski definition) is 4. The molecule has 0 bridgehead atoms. The highest BCUT2D eigenvalue weighted by Gasteiger charge is 2.54. The molecule has 1 aromatic carbocycles. The predicted octanol–water partition coefficient (Wildman–Crippen LogP) is 5.51. The lowest BCUT2D eigenvalue weighted by Gasteiger charge is -2.49. The van der Waals surface area contributed by atoms with E-state index in [0.29, 0.717) is 25.6 Å². The van der Waals surface area contributed by atoms with E-state index < -0.39 is 5.60 Å². The van der Waals surface area contributed by atoms with Gasteiger partial charge in [0.15, 0.2) is 0 Å². The Hall–Kier alpha value is -1.88. The van der Waals surface area contributed by atoms with Crippen molar-refractivity contribution in [3.8, 4) is 0 Å². The lowest BCUT2D eigenvalue weighted by Crippen LogP contribution is -2.58. The Bertz CT molecular complexity index is 699. The molecule has 1 aliphatic carbocycles. The van der Waals surface area contributed by atoms with Crippen LogP contribution in [0.2, 0.25) is 0 Å². The number of amides is 1. The molecule has 0 aromatic heterocycles. The van der Waals surface area contributed by atoms with Crippen molar-refractivity contribution in [2.24, 2.45) is 5.92 Å². The van der Waals surface area contributed by atoms with Crippen molar-refractivity contribution in [1.82, 2.24) is 4.90 Å². The molecule has 3 rings (SSSR count). The first-order valence-electron chi connectivity index (χ1n) is 11.4. The summed E-state index contributed by atoms with van der Waals surface area (Å²) < 4.78 is 11.9. The Kier molecular flexibility index (Phi) is 7.56. The number of rotatable bonds is 7. The number of likely N-dealkylation sites (tertiary alicyclic amines) is 1. The van der Waals surface area contributed by atoms with Crippen molar-refractivity contribution in [3.05, 3.63) is 35.9 Å². The molecule has 5 heteroatoms. The van der Waals surface area contributed by atoms with Gasteiger partial charge in [0.2, 0.25) is 0 Å². The maximum absolute atomic E-state index is 13.4. The molecule has 3 atom stereocenters. The fourth-order valence-corrected chi connectivity index (χ4v) is 5.34. The third-order valence-corrected chi connectivity index (χ3v) is 6.57. The van der Waals surface area contributed by atoms with Crippen LogP contribution in [0.4, 0.5) is 4.79 Å². The smallest absolute Gasteiger partial charge is 0.411 e. The summed E-state index contributed by atoms with van der Waals surface area (Å²) in [5.41, 5.74) is 0.392. The van der Waals surface area contributed by atoms with Gasteiger partial charge < -0.3 is 14.3 Å². The second-order valence-electron chi connectivity index (χ2n) is 9.83. The molecule has 30 heavy (non-hydrogen) atoms. The molecule has 1 heterocycles. The van der Waals surface area contributed by atoms with Gasteiger partial charge in [-0.15, -0.1) is 0 Å². The van der Waals surface area contributed by atoms with Crippen LogP contribution in [0.3, 0.4) is 0 Å². The molecule has 2 fully saturated rings. The summed E-state index contributed by atoms with van der Waals surface area (Å²) in [6, 6.07) is 10.1. The van der Waals surface area contributed by atoms with Crippen LogP contribution in [0, 0.1) is 5.92 Å². The van der Waals surface area contributed by atoms with Crippen LogP contribution >= 0.6 is 0 Å². The van der Waals surface area contributed by atoms with E-state index in [0.717, 1.165) is 50.4 Å². The fourth-order valence-electron chi connectivity index (χ4n) is 5.34. The Labute approximate surface area is 181 Å². The minimum atomic E-state index is -0.538. The van der Waals surface area contributed by atoms with Gasteiger partial charge in [0.25, 0.3) is 0 Å². The van der Waals surface area contributed by atoms with Crippen LogP contribution < -0.4 is 0 Å². The van der Waals surface area contributed by atoms with Crippen LogP contribution in [0.15, 0.2) is 30.3 Å². The Balaban J connectivity index is 1.77. The second-order valence-corrected chi connectivity index (χ2v) is 9.83. The quantitative estimate of drug-likeness (QED) is 0.551. The van der Waals surface area contributed by atoms with Gasteiger partial charge in [-0.2, -0.15) is 0 Å². The van der Waals surface area contributed by atoms with E-state index in [1.807, 2.05) is 43.9 Å². The monoisotopic (exact) mass is 415 g/mol. The van der Waals surface area contributed by atoms with E-state index in [4.69, 9.17) is 9.47 Å². The normalized spacial score (nSPS) is 26.7. The Morgan fingerprint density at radius 2 is 1.93 bits per heavy atom. The summed E-state index contributed by atoms with van der Waals surface area (Å²) in [7, 11) is 0. The van der Waals surface area contributed by atoms with E-state index in [-0.39, 0.29) is 17.7 Å². The molecule has 0 N–H and O–H groups in total. The van der Waals surface area contributed by atoms with Gasteiger partial charge in [-0.25, -0.2) is 4.79 Å². The van der Waals surface area contributed by atoms with E-state index in [9.17, 15) is 9.59 Å². The van der Waals surface area contributed by atoms with Crippen LogP contribution in [0.25, 0.3) is 0 Å². The highest BCUT2D eigenvalue weighted by atomic mass is 16.6. The van der Waals surface area contributed by atoms with Crippen molar-refractivity contribution in [2.45, 2.75) is 95.9 Å². The van der Waals surface area contributed by atoms with Crippen LogP contribution in [-0.4, -0.2) is 41.1 Å². The van der Waals surface area contributed by atoms with Gasteiger partial charge in [0.1, 0.15) is 11.9 Å². The zero-order chi connectivity index (χ0) is 21.6. The van der Waals surface area contributed by atoms with Crippen molar-refractivity contribution in [2.75, 3.05) is 6.61 Å². The molecule has 1 spiro atoms. The fraction of sp³-hybridized carbons (Fsp3) is 0.680. The minimum Gasteiger partial charge on any atom is -0.444 e. The second kappa shape index (κ2) is 9.95. The third kappa shape index (κ3) is 5.42. The summed E-state index contributed by atoms with van der Waals surface area (Å²) in [6.07, 6.45) is 8.43. The molecule has 0 radical (unpaired) electrons. The van der Waals surface area contributed by atoms with Crippen molar-refractivity contribution >= 4 is 12.4 Å². The van der Waals surface area contributed by atoms with E-state index >= 15 is 0 Å². The van der Waals surface area contributed by atoms with Crippen molar-refractivity contribution < 1.29 is 19.1 Å². The highest BCUT2D eigenvalue weighted by molar-refractivity contribution is 5.70. The van der Waals surface area contributed by atoms with Crippen LogP contribution in [-0.2, 0) is 20.9 Å². The summed E-state index contributed by atoms with van der Waals surface area (Å²) in [6.45, 7) is 6.80. The molecule has 166 valence electrons. The van der Waals surface area contributed by atoms with Crippen LogP contribution in [0.5, 0.6) is 0 Å². The van der Waals surface area contributed by atoms with Gasteiger partial charge in [0.05, 0.1) is 19.3 Å². The average molecular weight is 416 g/mol. The van der Waals surface area contributed by atoms with Gasteiger partial charge in [-0.1, -0.05) is 43.2 Å². The first kappa shape index (κ1) is 22.8. The topological polar surface area (TPSA) is 55.8 Å². The number of benzene rings is 1. The number of aldehydes is 1. The van der Waals surface area contributed by atoms with E-state index in [1.165, 1.54) is 6.42 Å². The van der Waals surface area contributed by atoms with E-state index in [1.54, 1.807) is 0 Å². The van der Waals surface area contributed by atoms with Crippen molar-refractivity contribution in [1.29, 1.82) is 0 Å². The molecule has 0 unspecified atom stereocenters. The zero-order valence-corrected chi connectivity index (χ0v) is 18.8. The number of ether oxygens (including phenoxy) is 2. The number of nitrogens with zero attached hydrogens (tertiary/aromatic N) is 1. The molecule has 2 aliphatic rings. The molecule has 1 saturated heterocycles. The minimum absolute atomic E-state index is 0.0143. The van der Waals surface area contributed by atoms with Gasteiger partial charge in [0, 0.05) is 12.0 Å². The summed E-state index contributed by atoms with van der Waals surface area (Å²) in [5.74, 6) is 0.350. The molecule has 5 nitrogen and oxygen atoms in total. The number of carbonyl (C=O) groups excluding carboxylic acids is 2. The largest absolute Gasteiger partial charge is 0.444 e. The maximum atomic E-state index is 13.4. The van der Waals surface area contributed by atoms with Gasteiger partial charge in [-0.05, 0) is 64.4 Å². The highest BCUT2D eigenvalue weighted by Crippen LogP contribution is 2.50. The first-order chi connectivity index (χ1) is 14.4. The summed E-state index contributed by atoms with van der Waals surface area (Å²) in [4.78, 5) is 26.5. The van der Waals surface area contributed by atoms with Gasteiger partial charge in [-0.3, -0.25) is 4.90 Å². The average Bonchev–Trinajstić information content (AvgIpc) is 3.05. The number of hydrogen-bond donors (Lipinski definition) is 0. The molecule has 1 amide bonds. The molecule has 1 saturated carbocycles. The van der Waals surface area contributed by atoms with Crippen LogP contribution in [0.1, 0.15) is 77.7 Å².